The summed E-state index contributed by atoms with van der Waals surface area (Å²) in [7, 11) is 0. The number of hydrazine groups is 1. The van der Waals surface area contributed by atoms with E-state index in [1.54, 1.807) is 18.2 Å². The van der Waals surface area contributed by atoms with Gasteiger partial charge in [0.1, 0.15) is 5.82 Å². The number of rotatable bonds is 6. The van der Waals surface area contributed by atoms with Crippen LogP contribution in [0, 0.1) is 17.5 Å². The first-order chi connectivity index (χ1) is 10.1. The molecule has 3 N–H and O–H groups in total. The molecule has 0 aliphatic rings. The first kappa shape index (κ1) is 15.9. The van der Waals surface area contributed by atoms with Crippen LogP contribution in [0.1, 0.15) is 5.56 Å². The number of nitrogens with one attached hydrogen (secondary N) is 1. The highest BCUT2D eigenvalue weighted by Crippen LogP contribution is 2.22. The van der Waals surface area contributed by atoms with Crippen LogP contribution in [0.15, 0.2) is 47.4 Å². The highest BCUT2D eigenvalue weighted by molar-refractivity contribution is 7.99. The molecule has 0 aromatic heterocycles. The third kappa shape index (κ3) is 4.49. The minimum Gasteiger partial charge on any atom is -0.271 e. The van der Waals surface area contributed by atoms with E-state index in [4.69, 9.17) is 5.84 Å². The summed E-state index contributed by atoms with van der Waals surface area (Å²) in [6, 6.07) is 10.0. The average Bonchev–Trinajstić information content (AvgIpc) is 2.48. The predicted molar refractivity (Wildman–Crippen MR) is 78.3 cm³/mol. The SMILES string of the molecule is NNC(CSc1ccccc1F)Cc1ccc(F)c(F)c1. The molecule has 21 heavy (non-hydrogen) atoms. The van der Waals surface area contributed by atoms with Crippen molar-refractivity contribution in [3.63, 3.8) is 0 Å². The molecule has 2 rings (SSSR count). The third-order valence-corrected chi connectivity index (χ3v) is 4.19. The molecule has 0 heterocycles. The maximum atomic E-state index is 13.5. The molecule has 0 amide bonds. The van der Waals surface area contributed by atoms with Crippen LogP contribution >= 0.6 is 11.8 Å². The molecule has 0 aliphatic carbocycles. The van der Waals surface area contributed by atoms with Gasteiger partial charge in [0.25, 0.3) is 0 Å². The molecule has 2 nitrogen and oxygen atoms in total. The molecule has 0 radical (unpaired) electrons. The van der Waals surface area contributed by atoms with E-state index in [2.05, 4.69) is 5.43 Å². The van der Waals surface area contributed by atoms with Crippen molar-refractivity contribution in [2.24, 2.45) is 5.84 Å². The smallest absolute Gasteiger partial charge is 0.159 e. The van der Waals surface area contributed by atoms with E-state index in [1.165, 1.54) is 23.9 Å². The van der Waals surface area contributed by atoms with Gasteiger partial charge in [-0.15, -0.1) is 11.8 Å². The molecule has 2 aromatic carbocycles. The lowest BCUT2D eigenvalue weighted by Gasteiger charge is -2.16. The zero-order chi connectivity index (χ0) is 15.2. The minimum atomic E-state index is -0.884. The van der Waals surface area contributed by atoms with Gasteiger partial charge < -0.3 is 0 Å². The summed E-state index contributed by atoms with van der Waals surface area (Å²) in [5.74, 6) is 3.93. The monoisotopic (exact) mass is 312 g/mol. The fourth-order valence-electron chi connectivity index (χ4n) is 1.87. The Kier molecular flexibility index (Phi) is 5.67. The van der Waals surface area contributed by atoms with Gasteiger partial charge in [-0.1, -0.05) is 18.2 Å². The number of nitrogens with two attached hydrogens (primary N) is 1. The maximum Gasteiger partial charge on any atom is 0.159 e. The number of hydrogen-bond donors (Lipinski definition) is 2. The quantitative estimate of drug-likeness (QED) is 0.488. The Labute approximate surface area is 125 Å². The van der Waals surface area contributed by atoms with Crippen molar-refractivity contribution < 1.29 is 13.2 Å². The number of benzene rings is 2. The highest BCUT2D eigenvalue weighted by atomic mass is 32.2. The first-order valence-corrected chi connectivity index (χ1v) is 7.36. The molecule has 1 unspecified atom stereocenters. The minimum absolute atomic E-state index is 0.181. The Morgan fingerprint density at radius 2 is 1.76 bits per heavy atom. The first-order valence-electron chi connectivity index (χ1n) is 6.37. The highest BCUT2D eigenvalue weighted by Gasteiger charge is 2.12. The van der Waals surface area contributed by atoms with Crippen LogP contribution < -0.4 is 11.3 Å². The van der Waals surface area contributed by atoms with E-state index in [-0.39, 0.29) is 11.9 Å². The second-order valence-electron chi connectivity index (χ2n) is 4.56. The van der Waals surface area contributed by atoms with Gasteiger partial charge in [0.15, 0.2) is 11.6 Å². The summed E-state index contributed by atoms with van der Waals surface area (Å²) in [5.41, 5.74) is 3.25. The molecule has 0 bridgehead atoms. The molecule has 0 fully saturated rings. The lowest BCUT2D eigenvalue weighted by Crippen LogP contribution is -2.38. The topological polar surface area (TPSA) is 38.0 Å². The summed E-state index contributed by atoms with van der Waals surface area (Å²) in [6.07, 6.45) is 0.426. The van der Waals surface area contributed by atoms with Gasteiger partial charge in [-0.2, -0.15) is 0 Å². The Bertz CT molecular complexity index is 607. The van der Waals surface area contributed by atoms with Crippen molar-refractivity contribution in [3.05, 3.63) is 65.5 Å². The van der Waals surface area contributed by atoms with Gasteiger partial charge in [0.2, 0.25) is 0 Å². The Balaban J connectivity index is 1.97. The number of halogens is 3. The zero-order valence-corrected chi connectivity index (χ0v) is 12.0. The van der Waals surface area contributed by atoms with Crippen molar-refractivity contribution in [1.82, 2.24) is 5.43 Å². The van der Waals surface area contributed by atoms with E-state index in [9.17, 15) is 13.2 Å². The lowest BCUT2D eigenvalue weighted by atomic mass is 10.1. The summed E-state index contributed by atoms with van der Waals surface area (Å²) in [5, 5.41) is 0. The Morgan fingerprint density at radius 3 is 2.43 bits per heavy atom. The van der Waals surface area contributed by atoms with Gasteiger partial charge in [-0.05, 0) is 36.2 Å². The molecular weight excluding hydrogens is 297 g/mol. The Hall–Kier alpha value is -1.50. The lowest BCUT2D eigenvalue weighted by molar-refractivity contribution is 0.504. The van der Waals surface area contributed by atoms with Crippen molar-refractivity contribution in [2.45, 2.75) is 17.4 Å². The summed E-state index contributed by atoms with van der Waals surface area (Å²) < 4.78 is 39.5. The van der Waals surface area contributed by atoms with Crippen molar-refractivity contribution >= 4 is 11.8 Å². The van der Waals surface area contributed by atoms with Crippen LogP contribution in [0.3, 0.4) is 0 Å². The van der Waals surface area contributed by atoms with Gasteiger partial charge in [0.05, 0.1) is 0 Å². The van der Waals surface area contributed by atoms with Crippen molar-refractivity contribution in [3.8, 4) is 0 Å². The maximum absolute atomic E-state index is 13.5. The number of thioether (sulfide) groups is 1. The van der Waals surface area contributed by atoms with Crippen LogP contribution in [0.4, 0.5) is 13.2 Å². The molecule has 0 saturated heterocycles. The molecule has 112 valence electrons. The van der Waals surface area contributed by atoms with E-state index < -0.39 is 11.6 Å². The third-order valence-electron chi connectivity index (χ3n) is 2.98. The second kappa shape index (κ2) is 7.49. The molecule has 2 aromatic rings. The summed E-state index contributed by atoms with van der Waals surface area (Å²) in [6.45, 7) is 0. The molecular formula is C15H15F3N2S. The normalized spacial score (nSPS) is 12.4. The summed E-state index contributed by atoms with van der Waals surface area (Å²) >= 11 is 1.32. The standard InChI is InChI=1S/C15H15F3N2S/c16-12-6-5-10(8-14(12)18)7-11(20-19)9-21-15-4-2-1-3-13(15)17/h1-6,8,11,20H,7,9,19H2. The van der Waals surface area contributed by atoms with Crippen molar-refractivity contribution in [2.75, 3.05) is 5.75 Å². The largest absolute Gasteiger partial charge is 0.271 e. The Morgan fingerprint density at radius 1 is 1.00 bits per heavy atom. The second-order valence-corrected chi connectivity index (χ2v) is 5.62. The average molecular weight is 312 g/mol. The molecule has 0 aliphatic heterocycles. The van der Waals surface area contributed by atoms with Crippen LogP contribution in [0.2, 0.25) is 0 Å². The van der Waals surface area contributed by atoms with E-state index in [0.29, 0.717) is 22.6 Å². The van der Waals surface area contributed by atoms with Crippen molar-refractivity contribution in [1.29, 1.82) is 0 Å². The van der Waals surface area contributed by atoms with Crippen LogP contribution in [-0.2, 0) is 6.42 Å². The molecule has 1 atom stereocenters. The molecule has 6 heteroatoms. The zero-order valence-electron chi connectivity index (χ0n) is 11.2. The predicted octanol–water partition coefficient (Wildman–Crippen LogP) is 3.27. The number of hydrogen-bond acceptors (Lipinski definition) is 3. The van der Waals surface area contributed by atoms with Gasteiger partial charge in [0, 0.05) is 16.7 Å². The fraction of sp³-hybridized carbons (Fsp3) is 0.200. The molecule has 0 saturated carbocycles. The van der Waals surface area contributed by atoms with Gasteiger partial charge in [-0.3, -0.25) is 11.3 Å². The van der Waals surface area contributed by atoms with Crippen LogP contribution in [0.5, 0.6) is 0 Å². The van der Waals surface area contributed by atoms with Gasteiger partial charge in [-0.25, -0.2) is 13.2 Å². The van der Waals surface area contributed by atoms with Crippen LogP contribution in [-0.4, -0.2) is 11.8 Å². The van der Waals surface area contributed by atoms with E-state index >= 15 is 0 Å². The fourth-order valence-corrected chi connectivity index (χ4v) is 2.84. The van der Waals surface area contributed by atoms with E-state index in [0.717, 1.165) is 12.1 Å². The van der Waals surface area contributed by atoms with Gasteiger partial charge >= 0.3 is 0 Å². The van der Waals surface area contributed by atoms with E-state index in [1.807, 2.05) is 0 Å². The van der Waals surface area contributed by atoms with Crippen LogP contribution in [0.25, 0.3) is 0 Å². The summed E-state index contributed by atoms with van der Waals surface area (Å²) in [4.78, 5) is 0.531. The molecule has 0 spiro atoms.